The number of benzene rings is 1. The number of aryl methyl sites for hydroxylation is 1. The van der Waals surface area contributed by atoms with Crippen LogP contribution in [0.4, 0.5) is 11.4 Å². The van der Waals surface area contributed by atoms with Gasteiger partial charge < -0.3 is 5.32 Å². The maximum Gasteiger partial charge on any atom is 0.320 e. The average molecular weight is 409 g/mol. The highest BCUT2D eigenvalue weighted by Gasteiger charge is 2.26. The Morgan fingerprint density at radius 2 is 2.04 bits per heavy atom. The number of carbonyl (C=O) groups excluding carboxylic acids is 1. The van der Waals surface area contributed by atoms with Crippen molar-refractivity contribution < 1.29 is 9.72 Å². The molecular weight excluding hydrogens is 395 g/mol. The second-order valence-corrected chi connectivity index (χ2v) is 6.39. The number of hydrogen-bond acceptors (Lipinski definition) is 5. The minimum absolute atomic E-state index is 0.111. The Balaban J connectivity index is 1.76. The molecule has 3 aromatic rings. The lowest BCUT2D eigenvalue weighted by atomic mass is 10.2. The Morgan fingerprint density at radius 3 is 2.70 bits per heavy atom. The predicted octanol–water partition coefficient (Wildman–Crippen LogP) is 3.62. The van der Waals surface area contributed by atoms with E-state index in [2.05, 4.69) is 15.5 Å². The fourth-order valence-corrected chi connectivity index (χ4v) is 2.83. The summed E-state index contributed by atoms with van der Waals surface area (Å²) in [5.41, 5.74) is 0.820. The van der Waals surface area contributed by atoms with Gasteiger partial charge >= 0.3 is 5.69 Å². The molecule has 11 heteroatoms. The number of nitrogens with one attached hydrogen (secondary N) is 1. The van der Waals surface area contributed by atoms with E-state index in [4.69, 9.17) is 23.2 Å². The number of amides is 1. The van der Waals surface area contributed by atoms with E-state index in [0.29, 0.717) is 28.8 Å². The van der Waals surface area contributed by atoms with Crippen molar-refractivity contribution in [3.8, 4) is 0 Å². The number of nitro groups is 1. The second kappa shape index (κ2) is 7.77. The van der Waals surface area contributed by atoms with Gasteiger partial charge in [-0.2, -0.15) is 10.2 Å². The summed E-state index contributed by atoms with van der Waals surface area (Å²) in [6, 6.07) is 5.24. The molecule has 3 rings (SSSR count). The zero-order chi connectivity index (χ0) is 19.6. The SMILES string of the molecule is CCn1ncc([N+](=O)[O-])c1C(=O)Nc1cnn(Cc2ccc(Cl)c(Cl)c2)c1. The molecule has 9 nitrogen and oxygen atoms in total. The highest BCUT2D eigenvalue weighted by atomic mass is 35.5. The van der Waals surface area contributed by atoms with Crippen LogP contribution in [0, 0.1) is 10.1 Å². The number of rotatable bonds is 6. The standard InChI is InChI=1S/C16H14Cl2N6O3/c1-2-23-15(14(7-20-23)24(26)27)16(25)21-11-6-19-22(9-11)8-10-3-4-12(17)13(18)5-10/h3-7,9H,2,8H2,1H3,(H,21,25). The molecule has 140 valence electrons. The van der Waals surface area contributed by atoms with Gasteiger partial charge in [-0.3, -0.25) is 24.3 Å². The van der Waals surface area contributed by atoms with Crippen LogP contribution in [0.1, 0.15) is 23.0 Å². The lowest BCUT2D eigenvalue weighted by molar-refractivity contribution is -0.385. The van der Waals surface area contributed by atoms with Crippen LogP contribution in [0.25, 0.3) is 0 Å². The number of hydrogen-bond donors (Lipinski definition) is 1. The van der Waals surface area contributed by atoms with Crippen molar-refractivity contribution in [2.45, 2.75) is 20.0 Å². The van der Waals surface area contributed by atoms with Gasteiger partial charge in [0.25, 0.3) is 5.91 Å². The third kappa shape index (κ3) is 4.09. The Hall–Kier alpha value is -2.91. The average Bonchev–Trinajstić information content (AvgIpc) is 3.24. The van der Waals surface area contributed by atoms with E-state index in [1.165, 1.54) is 10.9 Å². The van der Waals surface area contributed by atoms with E-state index in [0.717, 1.165) is 11.8 Å². The quantitative estimate of drug-likeness (QED) is 0.494. The lowest BCUT2D eigenvalue weighted by Crippen LogP contribution is -2.18. The van der Waals surface area contributed by atoms with Crippen LogP contribution in [0.15, 0.2) is 36.8 Å². The Labute approximate surface area is 163 Å². The van der Waals surface area contributed by atoms with E-state index < -0.39 is 10.8 Å². The molecule has 1 amide bonds. The third-order valence-corrected chi connectivity index (χ3v) is 4.49. The van der Waals surface area contributed by atoms with Crippen molar-refractivity contribution in [3.63, 3.8) is 0 Å². The fourth-order valence-electron chi connectivity index (χ4n) is 2.51. The largest absolute Gasteiger partial charge is 0.320 e. The molecule has 0 spiro atoms. The van der Waals surface area contributed by atoms with Gasteiger partial charge in [-0.15, -0.1) is 0 Å². The van der Waals surface area contributed by atoms with E-state index in [-0.39, 0.29) is 11.4 Å². The molecular formula is C16H14Cl2N6O3. The smallest absolute Gasteiger partial charge is 0.318 e. The minimum Gasteiger partial charge on any atom is -0.318 e. The molecule has 27 heavy (non-hydrogen) atoms. The zero-order valence-electron chi connectivity index (χ0n) is 14.1. The van der Waals surface area contributed by atoms with Crippen molar-refractivity contribution in [2.75, 3.05) is 5.32 Å². The molecule has 2 heterocycles. The maximum absolute atomic E-state index is 12.5. The van der Waals surface area contributed by atoms with Crippen molar-refractivity contribution >= 4 is 40.5 Å². The van der Waals surface area contributed by atoms with Crippen LogP contribution in [-0.2, 0) is 13.1 Å². The third-order valence-electron chi connectivity index (χ3n) is 3.75. The van der Waals surface area contributed by atoms with Gasteiger partial charge in [0.15, 0.2) is 0 Å². The highest BCUT2D eigenvalue weighted by molar-refractivity contribution is 6.42. The summed E-state index contributed by atoms with van der Waals surface area (Å²) in [6.07, 6.45) is 4.12. The molecule has 0 saturated heterocycles. The van der Waals surface area contributed by atoms with E-state index in [9.17, 15) is 14.9 Å². The van der Waals surface area contributed by atoms with Crippen LogP contribution in [-0.4, -0.2) is 30.4 Å². The predicted molar refractivity (Wildman–Crippen MR) is 100 cm³/mol. The first kappa shape index (κ1) is 18.9. The van der Waals surface area contributed by atoms with Gasteiger partial charge in [0.05, 0.1) is 33.4 Å². The van der Waals surface area contributed by atoms with Crippen LogP contribution >= 0.6 is 23.2 Å². The monoisotopic (exact) mass is 408 g/mol. The van der Waals surface area contributed by atoms with E-state index >= 15 is 0 Å². The molecule has 0 aliphatic carbocycles. The number of anilines is 1. The topological polar surface area (TPSA) is 108 Å². The van der Waals surface area contributed by atoms with Crippen LogP contribution < -0.4 is 5.32 Å². The van der Waals surface area contributed by atoms with Crippen LogP contribution in [0.5, 0.6) is 0 Å². The summed E-state index contributed by atoms with van der Waals surface area (Å²) < 4.78 is 2.87. The maximum atomic E-state index is 12.5. The summed E-state index contributed by atoms with van der Waals surface area (Å²) in [4.78, 5) is 22.9. The number of aromatic nitrogens is 4. The van der Waals surface area contributed by atoms with Crippen LogP contribution in [0.2, 0.25) is 10.0 Å². The number of nitrogens with zero attached hydrogens (tertiary/aromatic N) is 5. The summed E-state index contributed by atoms with van der Waals surface area (Å²) in [7, 11) is 0. The van der Waals surface area contributed by atoms with Gasteiger partial charge in [0.1, 0.15) is 6.20 Å². The highest BCUT2D eigenvalue weighted by Crippen LogP contribution is 2.23. The van der Waals surface area contributed by atoms with Gasteiger partial charge in [-0.25, -0.2) is 0 Å². The Morgan fingerprint density at radius 1 is 1.26 bits per heavy atom. The van der Waals surface area contributed by atoms with E-state index in [1.807, 2.05) is 6.07 Å². The van der Waals surface area contributed by atoms with Crippen molar-refractivity contribution in [2.24, 2.45) is 0 Å². The molecule has 0 unspecified atom stereocenters. The van der Waals surface area contributed by atoms with Gasteiger partial charge in [-0.05, 0) is 24.6 Å². The molecule has 0 atom stereocenters. The molecule has 0 bridgehead atoms. The zero-order valence-corrected chi connectivity index (χ0v) is 15.6. The van der Waals surface area contributed by atoms with Crippen molar-refractivity contribution in [3.05, 3.63) is 68.2 Å². The van der Waals surface area contributed by atoms with E-state index in [1.54, 1.807) is 29.9 Å². The summed E-state index contributed by atoms with van der Waals surface area (Å²) in [5.74, 6) is -0.630. The summed E-state index contributed by atoms with van der Waals surface area (Å²) in [6.45, 7) is 2.48. The number of carbonyl (C=O) groups is 1. The first-order chi connectivity index (χ1) is 12.9. The second-order valence-electron chi connectivity index (χ2n) is 5.58. The van der Waals surface area contributed by atoms with Gasteiger partial charge in [0.2, 0.25) is 5.69 Å². The molecule has 0 fully saturated rings. The summed E-state index contributed by atoms with van der Waals surface area (Å²) in [5, 5.41) is 22.6. The first-order valence-corrected chi connectivity index (χ1v) is 8.62. The first-order valence-electron chi connectivity index (χ1n) is 7.87. The lowest BCUT2D eigenvalue weighted by Gasteiger charge is -2.05. The molecule has 0 aliphatic rings. The molecule has 0 saturated carbocycles. The molecule has 2 aromatic heterocycles. The van der Waals surface area contributed by atoms with Gasteiger partial charge in [0, 0.05) is 12.7 Å². The minimum atomic E-state index is -0.637. The molecule has 0 aliphatic heterocycles. The normalized spacial score (nSPS) is 10.8. The van der Waals surface area contributed by atoms with Gasteiger partial charge in [-0.1, -0.05) is 29.3 Å². The van der Waals surface area contributed by atoms with Crippen LogP contribution in [0.3, 0.4) is 0 Å². The molecule has 0 radical (unpaired) electrons. The fraction of sp³-hybridized carbons (Fsp3) is 0.188. The molecule has 1 aromatic carbocycles. The summed E-state index contributed by atoms with van der Waals surface area (Å²) >= 11 is 11.9. The van der Waals surface area contributed by atoms with Crippen molar-refractivity contribution in [1.82, 2.24) is 19.6 Å². The Bertz CT molecular complexity index is 1010. The molecule has 1 N–H and O–H groups in total. The Kier molecular flexibility index (Phi) is 5.43. The van der Waals surface area contributed by atoms with Crippen molar-refractivity contribution in [1.29, 1.82) is 0 Å². The number of halogens is 2.